The van der Waals surface area contributed by atoms with Crippen LogP contribution in [0.5, 0.6) is 0 Å². The molecule has 0 aliphatic carbocycles. The Morgan fingerprint density at radius 3 is 2.41 bits per heavy atom. The molecule has 2 fully saturated rings. The molecule has 0 unspecified atom stereocenters. The number of thiazole rings is 1. The Morgan fingerprint density at radius 1 is 1.09 bits per heavy atom. The fourth-order valence-electron chi connectivity index (χ4n) is 3.15. The molecule has 0 aromatic carbocycles. The van der Waals surface area contributed by atoms with Gasteiger partial charge in [0.2, 0.25) is 0 Å². The Labute approximate surface area is 133 Å². The van der Waals surface area contributed by atoms with E-state index >= 15 is 0 Å². The van der Waals surface area contributed by atoms with Gasteiger partial charge in [0.25, 0.3) is 5.91 Å². The van der Waals surface area contributed by atoms with Crippen molar-refractivity contribution in [3.05, 3.63) is 16.1 Å². The molecule has 0 saturated carbocycles. The predicted molar refractivity (Wildman–Crippen MR) is 83.4 cm³/mol. The zero-order valence-electron chi connectivity index (χ0n) is 12.5. The van der Waals surface area contributed by atoms with E-state index < -0.39 is 6.09 Å². The normalized spacial score (nSPS) is 20.2. The van der Waals surface area contributed by atoms with Crippen molar-refractivity contribution in [1.82, 2.24) is 14.8 Å². The number of hydrogen-bond donors (Lipinski definition) is 1. The van der Waals surface area contributed by atoms with E-state index in [-0.39, 0.29) is 11.8 Å². The molecule has 3 rings (SSSR count). The van der Waals surface area contributed by atoms with Gasteiger partial charge in [0.05, 0.1) is 5.01 Å². The largest absolute Gasteiger partial charge is 0.465 e. The van der Waals surface area contributed by atoms with Crippen LogP contribution >= 0.6 is 11.3 Å². The summed E-state index contributed by atoms with van der Waals surface area (Å²) in [6.07, 6.45) is 4.09. The number of carbonyl (C=O) groups excluding carboxylic acids is 1. The minimum atomic E-state index is -0.849. The first-order valence-corrected chi connectivity index (χ1v) is 8.75. The van der Waals surface area contributed by atoms with E-state index in [1.807, 2.05) is 10.3 Å². The number of nitrogens with zero attached hydrogens (tertiary/aromatic N) is 3. The first-order chi connectivity index (χ1) is 10.6. The zero-order valence-corrected chi connectivity index (χ0v) is 13.3. The molecule has 120 valence electrons. The monoisotopic (exact) mass is 323 g/mol. The van der Waals surface area contributed by atoms with Gasteiger partial charge in [0.1, 0.15) is 5.69 Å². The quantitative estimate of drug-likeness (QED) is 0.908. The van der Waals surface area contributed by atoms with Crippen LogP contribution in [0, 0.1) is 0 Å². The summed E-state index contributed by atoms with van der Waals surface area (Å²) in [5, 5.41) is 11.8. The highest BCUT2D eigenvalue weighted by atomic mass is 32.1. The summed E-state index contributed by atoms with van der Waals surface area (Å²) in [7, 11) is 0. The van der Waals surface area contributed by atoms with Crippen molar-refractivity contribution < 1.29 is 14.7 Å². The van der Waals surface area contributed by atoms with E-state index in [1.54, 1.807) is 0 Å². The van der Waals surface area contributed by atoms with Gasteiger partial charge in [-0.15, -0.1) is 11.3 Å². The average molecular weight is 323 g/mol. The third-order valence-corrected chi connectivity index (χ3v) is 5.51. The number of rotatable bonds is 2. The second-order valence-corrected chi connectivity index (χ2v) is 6.86. The van der Waals surface area contributed by atoms with Crippen LogP contribution in [0.4, 0.5) is 4.79 Å². The molecule has 1 N–H and O–H groups in total. The van der Waals surface area contributed by atoms with Crippen LogP contribution < -0.4 is 0 Å². The van der Waals surface area contributed by atoms with Crippen molar-refractivity contribution in [2.45, 2.75) is 38.0 Å². The van der Waals surface area contributed by atoms with Crippen LogP contribution in [0.25, 0.3) is 0 Å². The Hall–Kier alpha value is -1.63. The van der Waals surface area contributed by atoms with Crippen LogP contribution in [0.15, 0.2) is 5.38 Å². The molecule has 2 saturated heterocycles. The predicted octanol–water partition coefficient (Wildman–Crippen LogP) is 2.63. The molecule has 0 spiro atoms. The molecule has 3 heterocycles. The molecule has 0 bridgehead atoms. The molecule has 0 radical (unpaired) electrons. The van der Waals surface area contributed by atoms with Crippen molar-refractivity contribution in [2.75, 3.05) is 26.2 Å². The summed E-state index contributed by atoms with van der Waals surface area (Å²) in [4.78, 5) is 31.2. The van der Waals surface area contributed by atoms with Gasteiger partial charge in [-0.3, -0.25) is 4.79 Å². The van der Waals surface area contributed by atoms with E-state index in [0.29, 0.717) is 18.8 Å². The van der Waals surface area contributed by atoms with Crippen LogP contribution in [0.3, 0.4) is 0 Å². The summed E-state index contributed by atoms with van der Waals surface area (Å²) in [5.74, 6) is 0.327. The smallest absolute Gasteiger partial charge is 0.407 e. The van der Waals surface area contributed by atoms with E-state index in [1.165, 1.54) is 22.7 Å². The third kappa shape index (κ3) is 3.24. The lowest BCUT2D eigenvalue weighted by molar-refractivity contribution is 0.0719. The van der Waals surface area contributed by atoms with Gasteiger partial charge in [-0.25, -0.2) is 9.78 Å². The Kier molecular flexibility index (Phi) is 4.61. The zero-order chi connectivity index (χ0) is 15.5. The molecule has 1 aromatic heterocycles. The SMILES string of the molecule is O=C(O)N1CCC(c2nc(C(=O)N3CCCCC3)cs2)CC1. The second kappa shape index (κ2) is 6.64. The van der Waals surface area contributed by atoms with Crippen LogP contribution in [-0.2, 0) is 0 Å². The number of amides is 2. The molecule has 2 amide bonds. The Balaban J connectivity index is 1.61. The molecule has 22 heavy (non-hydrogen) atoms. The summed E-state index contributed by atoms with van der Waals surface area (Å²) in [6.45, 7) is 2.77. The van der Waals surface area contributed by atoms with Crippen molar-refractivity contribution >= 4 is 23.3 Å². The van der Waals surface area contributed by atoms with Crippen molar-refractivity contribution in [3.8, 4) is 0 Å². The van der Waals surface area contributed by atoms with Gasteiger partial charge in [-0.2, -0.15) is 0 Å². The average Bonchev–Trinajstić information content (AvgIpc) is 3.05. The van der Waals surface area contributed by atoms with E-state index in [2.05, 4.69) is 4.98 Å². The summed E-state index contributed by atoms with van der Waals surface area (Å²) in [5.41, 5.74) is 0.558. The lowest BCUT2D eigenvalue weighted by atomic mass is 9.98. The topological polar surface area (TPSA) is 73.7 Å². The van der Waals surface area contributed by atoms with Crippen LogP contribution in [-0.4, -0.2) is 58.1 Å². The number of hydrogen-bond acceptors (Lipinski definition) is 4. The highest BCUT2D eigenvalue weighted by Gasteiger charge is 2.27. The van der Waals surface area contributed by atoms with Crippen molar-refractivity contribution in [1.29, 1.82) is 0 Å². The van der Waals surface area contributed by atoms with Gasteiger partial charge in [0, 0.05) is 37.5 Å². The van der Waals surface area contributed by atoms with Crippen molar-refractivity contribution in [3.63, 3.8) is 0 Å². The first-order valence-electron chi connectivity index (χ1n) is 7.87. The summed E-state index contributed by atoms with van der Waals surface area (Å²) >= 11 is 1.53. The number of piperidine rings is 2. The Morgan fingerprint density at radius 2 is 1.77 bits per heavy atom. The first kappa shape index (κ1) is 15.3. The lowest BCUT2D eigenvalue weighted by Gasteiger charge is -2.28. The molecular weight excluding hydrogens is 302 g/mol. The maximum Gasteiger partial charge on any atom is 0.407 e. The molecule has 0 atom stereocenters. The van der Waals surface area contributed by atoms with Crippen LogP contribution in [0.2, 0.25) is 0 Å². The molecule has 2 aliphatic rings. The maximum atomic E-state index is 12.4. The summed E-state index contributed by atoms with van der Waals surface area (Å²) in [6, 6.07) is 0. The van der Waals surface area contributed by atoms with Crippen LogP contribution in [0.1, 0.15) is 53.5 Å². The second-order valence-electron chi connectivity index (χ2n) is 5.97. The highest BCUT2D eigenvalue weighted by Crippen LogP contribution is 2.30. The molecular formula is C15H21N3O3S. The van der Waals surface area contributed by atoms with Gasteiger partial charge in [-0.1, -0.05) is 0 Å². The highest BCUT2D eigenvalue weighted by molar-refractivity contribution is 7.09. The number of carboxylic acid groups (broad SMARTS) is 1. The minimum absolute atomic E-state index is 0.0465. The van der Waals surface area contributed by atoms with Gasteiger partial charge in [0.15, 0.2) is 0 Å². The van der Waals surface area contributed by atoms with Gasteiger partial charge >= 0.3 is 6.09 Å². The van der Waals surface area contributed by atoms with E-state index in [0.717, 1.165) is 43.8 Å². The molecule has 1 aromatic rings. The van der Waals surface area contributed by atoms with Crippen molar-refractivity contribution in [2.24, 2.45) is 0 Å². The number of aromatic nitrogens is 1. The standard InChI is InChI=1S/C15H21N3O3S/c19-14(17-6-2-1-3-7-17)12-10-22-13(16-12)11-4-8-18(9-5-11)15(20)21/h10-11H,1-9H2,(H,20,21). The lowest BCUT2D eigenvalue weighted by Crippen LogP contribution is -2.37. The van der Waals surface area contributed by atoms with E-state index in [4.69, 9.17) is 5.11 Å². The molecule has 7 heteroatoms. The maximum absolute atomic E-state index is 12.4. The van der Waals surface area contributed by atoms with E-state index in [9.17, 15) is 9.59 Å². The van der Waals surface area contributed by atoms with Gasteiger partial charge < -0.3 is 14.9 Å². The fraction of sp³-hybridized carbons (Fsp3) is 0.667. The fourth-order valence-corrected chi connectivity index (χ4v) is 4.12. The minimum Gasteiger partial charge on any atom is -0.465 e. The molecule has 2 aliphatic heterocycles. The summed E-state index contributed by atoms with van der Waals surface area (Å²) < 4.78 is 0. The number of likely N-dealkylation sites (tertiary alicyclic amines) is 2. The Bertz CT molecular complexity index is 546. The molecule has 6 nitrogen and oxygen atoms in total. The third-order valence-electron chi connectivity index (χ3n) is 4.50. The van der Waals surface area contributed by atoms with Gasteiger partial charge in [-0.05, 0) is 32.1 Å². The number of carbonyl (C=O) groups is 2.